The summed E-state index contributed by atoms with van der Waals surface area (Å²) in [6, 6.07) is 9.50. The fourth-order valence-electron chi connectivity index (χ4n) is 1.83. The van der Waals surface area contributed by atoms with E-state index in [4.69, 9.17) is 0 Å². The van der Waals surface area contributed by atoms with E-state index in [1.54, 1.807) is 6.07 Å². The molecule has 0 N–H and O–H groups in total. The number of ether oxygens (including phenoxy) is 1. The number of esters is 1. The molecule has 0 radical (unpaired) electrons. The Morgan fingerprint density at radius 3 is 2.50 bits per heavy atom. The van der Waals surface area contributed by atoms with Crippen molar-refractivity contribution in [1.29, 1.82) is 0 Å². The molecule has 0 spiro atoms. The molecule has 0 bridgehead atoms. The second kappa shape index (κ2) is 5.48. The van der Waals surface area contributed by atoms with E-state index >= 15 is 0 Å². The number of nitrogens with zero attached hydrogens (tertiary/aromatic N) is 1. The van der Waals surface area contributed by atoms with E-state index in [1.165, 1.54) is 37.4 Å². The second-order valence-electron chi connectivity index (χ2n) is 3.96. The average molecular weight is 275 g/mol. The number of nitro groups is 1. The van der Waals surface area contributed by atoms with Crippen LogP contribution in [-0.4, -0.2) is 18.0 Å². The van der Waals surface area contributed by atoms with Crippen LogP contribution in [-0.2, 0) is 4.74 Å². The van der Waals surface area contributed by atoms with Gasteiger partial charge in [-0.2, -0.15) is 0 Å². The molecule has 0 amide bonds. The van der Waals surface area contributed by atoms with Crippen molar-refractivity contribution >= 4 is 11.7 Å². The minimum atomic E-state index is -0.687. The van der Waals surface area contributed by atoms with Crippen LogP contribution in [0.15, 0.2) is 42.5 Å². The van der Waals surface area contributed by atoms with E-state index in [-0.39, 0.29) is 22.4 Å². The van der Waals surface area contributed by atoms with Crippen LogP contribution in [0.1, 0.15) is 10.4 Å². The Morgan fingerprint density at radius 1 is 1.20 bits per heavy atom. The van der Waals surface area contributed by atoms with Gasteiger partial charge >= 0.3 is 5.97 Å². The molecule has 6 heteroatoms. The van der Waals surface area contributed by atoms with Gasteiger partial charge in [0.2, 0.25) is 0 Å². The number of halogens is 1. The van der Waals surface area contributed by atoms with Gasteiger partial charge in [-0.15, -0.1) is 0 Å². The molecule has 0 saturated carbocycles. The van der Waals surface area contributed by atoms with Crippen LogP contribution in [0.5, 0.6) is 0 Å². The highest BCUT2D eigenvalue weighted by molar-refractivity contribution is 5.92. The van der Waals surface area contributed by atoms with Crippen LogP contribution in [0.3, 0.4) is 0 Å². The van der Waals surface area contributed by atoms with Crippen LogP contribution in [0.4, 0.5) is 10.1 Å². The van der Waals surface area contributed by atoms with Crippen LogP contribution in [0.25, 0.3) is 11.1 Å². The quantitative estimate of drug-likeness (QED) is 0.490. The first kappa shape index (κ1) is 13.7. The molecule has 0 aliphatic heterocycles. The molecule has 2 aromatic rings. The molecule has 0 heterocycles. The minimum absolute atomic E-state index is 0.0410. The summed E-state index contributed by atoms with van der Waals surface area (Å²) in [5.41, 5.74) is -0.0892. The van der Waals surface area contributed by atoms with E-state index in [0.717, 1.165) is 6.07 Å². The lowest BCUT2D eigenvalue weighted by atomic mass is 10.0. The Kier molecular flexibility index (Phi) is 3.74. The highest BCUT2D eigenvalue weighted by Crippen LogP contribution is 2.32. The lowest BCUT2D eigenvalue weighted by Crippen LogP contribution is -2.03. The summed E-state index contributed by atoms with van der Waals surface area (Å²) < 4.78 is 18.2. The van der Waals surface area contributed by atoms with Gasteiger partial charge in [0.05, 0.1) is 23.2 Å². The lowest BCUT2D eigenvalue weighted by Gasteiger charge is -2.06. The van der Waals surface area contributed by atoms with Crippen molar-refractivity contribution in [2.75, 3.05) is 7.11 Å². The topological polar surface area (TPSA) is 69.4 Å². The van der Waals surface area contributed by atoms with Crippen molar-refractivity contribution in [1.82, 2.24) is 0 Å². The first-order chi connectivity index (χ1) is 9.54. The highest BCUT2D eigenvalue weighted by atomic mass is 19.1. The zero-order valence-corrected chi connectivity index (χ0v) is 10.5. The van der Waals surface area contributed by atoms with E-state index in [9.17, 15) is 19.3 Å². The molecule has 2 rings (SSSR count). The molecule has 0 aromatic heterocycles. The second-order valence-corrected chi connectivity index (χ2v) is 3.96. The van der Waals surface area contributed by atoms with Gasteiger partial charge in [0, 0.05) is 11.6 Å². The van der Waals surface area contributed by atoms with E-state index < -0.39 is 16.7 Å². The number of carbonyl (C=O) groups is 1. The van der Waals surface area contributed by atoms with E-state index in [1.807, 2.05) is 0 Å². The number of methoxy groups -OCH3 is 1. The van der Waals surface area contributed by atoms with Crippen molar-refractivity contribution in [2.45, 2.75) is 0 Å². The summed E-state index contributed by atoms with van der Waals surface area (Å²) in [5, 5.41) is 11.1. The Labute approximate surface area is 113 Å². The van der Waals surface area contributed by atoms with Gasteiger partial charge < -0.3 is 4.74 Å². The van der Waals surface area contributed by atoms with Gasteiger partial charge in [-0.1, -0.05) is 18.2 Å². The van der Waals surface area contributed by atoms with E-state index in [2.05, 4.69) is 4.74 Å². The molecule has 102 valence electrons. The van der Waals surface area contributed by atoms with Gasteiger partial charge in [-0.3, -0.25) is 10.1 Å². The number of hydrogen-bond donors (Lipinski definition) is 0. The summed E-state index contributed by atoms with van der Waals surface area (Å²) in [7, 11) is 1.18. The van der Waals surface area contributed by atoms with E-state index in [0.29, 0.717) is 0 Å². The molecule has 5 nitrogen and oxygen atoms in total. The summed E-state index contributed by atoms with van der Waals surface area (Å²) in [5.74, 6) is -1.25. The largest absolute Gasteiger partial charge is 0.465 e. The highest BCUT2D eigenvalue weighted by Gasteiger charge is 2.20. The average Bonchev–Trinajstić information content (AvgIpc) is 2.46. The van der Waals surface area contributed by atoms with Gasteiger partial charge in [0.1, 0.15) is 5.82 Å². The maximum absolute atomic E-state index is 13.7. The van der Waals surface area contributed by atoms with Gasteiger partial charge in [-0.05, 0) is 18.2 Å². The van der Waals surface area contributed by atoms with Crippen molar-refractivity contribution in [3.8, 4) is 11.1 Å². The molecular weight excluding hydrogens is 265 g/mol. The smallest absolute Gasteiger partial charge is 0.338 e. The fourth-order valence-corrected chi connectivity index (χ4v) is 1.83. The Bertz CT molecular complexity index is 685. The molecule has 0 fully saturated rings. The number of benzene rings is 2. The summed E-state index contributed by atoms with van der Waals surface area (Å²) >= 11 is 0. The van der Waals surface area contributed by atoms with Crippen molar-refractivity contribution in [2.24, 2.45) is 0 Å². The van der Waals surface area contributed by atoms with Crippen LogP contribution in [0, 0.1) is 15.9 Å². The molecule has 20 heavy (non-hydrogen) atoms. The van der Waals surface area contributed by atoms with Crippen LogP contribution in [0.2, 0.25) is 0 Å². The third-order valence-electron chi connectivity index (χ3n) is 2.78. The normalized spacial score (nSPS) is 10.1. The standard InChI is InChI=1S/C14H10FNO4/c1-20-14(17)9-6-7-11(13(8-9)16(18)19)10-4-2-3-5-12(10)15/h2-8H,1H3. The first-order valence-electron chi connectivity index (χ1n) is 5.66. The molecule has 2 aromatic carbocycles. The fraction of sp³-hybridized carbons (Fsp3) is 0.0714. The predicted molar refractivity (Wildman–Crippen MR) is 69.8 cm³/mol. The zero-order valence-electron chi connectivity index (χ0n) is 10.5. The third-order valence-corrected chi connectivity index (χ3v) is 2.78. The lowest BCUT2D eigenvalue weighted by molar-refractivity contribution is -0.384. The summed E-state index contributed by atoms with van der Waals surface area (Å²) in [6.07, 6.45) is 0. The Morgan fingerprint density at radius 2 is 1.90 bits per heavy atom. The van der Waals surface area contributed by atoms with Crippen LogP contribution < -0.4 is 0 Å². The van der Waals surface area contributed by atoms with Gasteiger partial charge in [0.25, 0.3) is 5.69 Å². The van der Waals surface area contributed by atoms with Crippen molar-refractivity contribution < 1.29 is 18.8 Å². The minimum Gasteiger partial charge on any atom is -0.465 e. The predicted octanol–water partition coefficient (Wildman–Crippen LogP) is 3.19. The maximum atomic E-state index is 13.7. The molecule has 0 saturated heterocycles. The van der Waals surface area contributed by atoms with Crippen molar-refractivity contribution in [3.05, 3.63) is 64.0 Å². The van der Waals surface area contributed by atoms with Gasteiger partial charge in [-0.25, -0.2) is 9.18 Å². The Balaban J connectivity index is 2.63. The number of rotatable bonds is 3. The third kappa shape index (κ3) is 2.49. The number of nitro benzene ring substituents is 1. The number of hydrogen-bond acceptors (Lipinski definition) is 4. The molecule has 0 atom stereocenters. The summed E-state index contributed by atoms with van der Waals surface area (Å²) in [4.78, 5) is 21.8. The molecule has 0 aliphatic carbocycles. The maximum Gasteiger partial charge on any atom is 0.338 e. The van der Waals surface area contributed by atoms with Gasteiger partial charge in [0.15, 0.2) is 0 Å². The first-order valence-corrected chi connectivity index (χ1v) is 5.66. The molecule has 0 unspecified atom stereocenters. The Hall–Kier alpha value is -2.76. The van der Waals surface area contributed by atoms with Crippen LogP contribution >= 0.6 is 0 Å². The monoisotopic (exact) mass is 275 g/mol. The SMILES string of the molecule is COC(=O)c1ccc(-c2ccccc2F)c([N+](=O)[O-])c1. The summed E-state index contributed by atoms with van der Waals surface area (Å²) in [6.45, 7) is 0. The molecule has 0 aliphatic rings. The molecular formula is C14H10FNO4. The van der Waals surface area contributed by atoms with Crippen molar-refractivity contribution in [3.63, 3.8) is 0 Å². The number of carbonyl (C=O) groups excluding carboxylic acids is 1. The zero-order chi connectivity index (χ0) is 14.7.